The summed E-state index contributed by atoms with van der Waals surface area (Å²) >= 11 is 2.34. The van der Waals surface area contributed by atoms with Crippen molar-refractivity contribution in [2.24, 2.45) is 0 Å². The summed E-state index contributed by atoms with van der Waals surface area (Å²) in [5.74, 6) is 0. The molecular weight excluding hydrogens is 630 g/mol. The molecule has 0 saturated heterocycles. The van der Waals surface area contributed by atoms with Crippen LogP contribution < -0.4 is 25.3 Å². The number of aryl methyl sites for hydroxylation is 2. The second-order valence-electron chi connectivity index (χ2n) is 13.0. The van der Waals surface area contributed by atoms with Gasteiger partial charge in [-0.05, 0) is 0 Å². The number of hydrogen-bond acceptors (Lipinski definition) is 1. The van der Waals surface area contributed by atoms with Crippen molar-refractivity contribution in [3.8, 4) is 11.4 Å². The summed E-state index contributed by atoms with van der Waals surface area (Å²) in [5.41, 5.74) is 16.1. The molecule has 0 unspecified atom stereocenters. The number of hydrogen-bond donors (Lipinski definition) is 0. The Balaban J connectivity index is 1.29. The Bertz CT molecular complexity index is 2420. The second kappa shape index (κ2) is 9.33. The molecule has 7 aromatic rings. The first-order valence-corrected chi connectivity index (χ1v) is 18.8. The Morgan fingerprint density at radius 3 is 2.07 bits per heavy atom. The Labute approximate surface area is 273 Å². The molecule has 0 radical (unpaired) electrons. The molecule has 45 heavy (non-hydrogen) atoms. The zero-order valence-electron chi connectivity index (χ0n) is 24.8. The Morgan fingerprint density at radius 2 is 1.27 bits per heavy atom. The number of aromatic nitrogens is 2. The van der Waals surface area contributed by atoms with E-state index in [1.807, 2.05) is 11.8 Å². The minimum atomic E-state index is 0.253. The molecule has 214 valence electrons. The van der Waals surface area contributed by atoms with Crippen LogP contribution in [-0.4, -0.2) is 30.8 Å². The first-order valence-electron chi connectivity index (χ1n) is 16.3. The van der Waals surface area contributed by atoms with Gasteiger partial charge >= 0.3 is 275 Å². The molecule has 2 nitrogen and oxygen atoms in total. The quantitative estimate of drug-likeness (QED) is 0.223. The predicted octanol–water partition coefficient (Wildman–Crippen LogP) is 5.50. The fraction of sp³-hybridized carbons (Fsp3) is 0.150. The van der Waals surface area contributed by atoms with Gasteiger partial charge in [-0.2, -0.15) is 0 Å². The van der Waals surface area contributed by atoms with E-state index in [0.717, 1.165) is 12.8 Å². The van der Waals surface area contributed by atoms with Gasteiger partial charge in [0.05, 0.1) is 0 Å². The van der Waals surface area contributed by atoms with Crippen LogP contribution in [0.15, 0.2) is 113 Å². The van der Waals surface area contributed by atoms with Gasteiger partial charge in [0.25, 0.3) is 0 Å². The van der Waals surface area contributed by atoms with Crippen LogP contribution in [-0.2, 0) is 25.7 Å². The van der Waals surface area contributed by atoms with Gasteiger partial charge in [-0.15, -0.1) is 0 Å². The maximum atomic E-state index is 2.67. The van der Waals surface area contributed by atoms with Crippen LogP contribution >= 0.6 is 11.8 Å². The fourth-order valence-electron chi connectivity index (χ4n) is 8.98. The molecule has 0 atom stereocenters. The van der Waals surface area contributed by atoms with E-state index in [-0.39, 0.29) is 6.71 Å². The fourth-order valence-corrected chi connectivity index (χ4v) is 12.8. The normalized spacial score (nSPS) is 15.7. The van der Waals surface area contributed by atoms with E-state index in [1.165, 1.54) is 95.4 Å². The average molecular weight is 660 g/mol. The van der Waals surface area contributed by atoms with Crippen LogP contribution in [0.4, 0.5) is 0 Å². The van der Waals surface area contributed by atoms with E-state index < -0.39 is 0 Å². The minimum absolute atomic E-state index is 0.253. The molecule has 11 rings (SSSR count). The molecular formula is C40H29BN2SSe. The summed E-state index contributed by atoms with van der Waals surface area (Å²) in [4.78, 5) is 2.87. The van der Waals surface area contributed by atoms with Gasteiger partial charge in [0, 0.05) is 0 Å². The zero-order valence-corrected chi connectivity index (χ0v) is 27.4. The van der Waals surface area contributed by atoms with Crippen LogP contribution in [0.3, 0.4) is 0 Å². The van der Waals surface area contributed by atoms with Gasteiger partial charge in [-0.25, -0.2) is 0 Å². The topological polar surface area (TPSA) is 9.86 Å². The third kappa shape index (κ3) is 3.39. The standard InChI is InChI=1S/C40H29BN2SSe/c1-4-15-31-25(10-1)27-12-7-17-32(27)42(31)24-22-30-40(35(23-24)43-33-16-5-2-11-26(33)28-13-8-18-34(28)43)44-36-19-9-21-38-39(36)41(30)29-14-3-6-20-37(29)45-38/h1-6,9-11,14-16,19-23H,7-8,12-13,17-18H2. The molecule has 0 N–H and O–H groups in total. The maximum absolute atomic E-state index is 2.67. The van der Waals surface area contributed by atoms with Crippen LogP contribution in [0.5, 0.6) is 0 Å². The number of fused-ring (bicyclic) bond motifs is 10. The monoisotopic (exact) mass is 660 g/mol. The molecule has 2 aliphatic heterocycles. The first-order chi connectivity index (χ1) is 22.3. The van der Waals surface area contributed by atoms with Gasteiger partial charge < -0.3 is 0 Å². The van der Waals surface area contributed by atoms with Crippen molar-refractivity contribution in [1.82, 2.24) is 9.13 Å². The molecule has 5 aromatic carbocycles. The summed E-state index contributed by atoms with van der Waals surface area (Å²) in [6.07, 6.45) is 7.14. The van der Waals surface area contributed by atoms with Crippen LogP contribution in [0, 0.1) is 0 Å². The SMILES string of the molecule is c1ccc2c(c1)[Se]c1cccc3c1B2c1cc(-n2c4c(c5ccccc52)CCC4)cc(-n2c4c(c5ccccc52)CCC4)c1S3. The number of rotatable bonds is 2. The van der Waals surface area contributed by atoms with E-state index in [4.69, 9.17) is 0 Å². The second-order valence-corrected chi connectivity index (χ2v) is 16.3. The molecule has 2 aromatic heterocycles. The summed E-state index contributed by atoms with van der Waals surface area (Å²) in [6, 6.07) is 39.8. The van der Waals surface area contributed by atoms with Crippen molar-refractivity contribution in [3.63, 3.8) is 0 Å². The summed E-state index contributed by atoms with van der Waals surface area (Å²) < 4.78 is 8.39. The van der Waals surface area contributed by atoms with Crippen molar-refractivity contribution < 1.29 is 0 Å². The van der Waals surface area contributed by atoms with E-state index >= 15 is 0 Å². The van der Waals surface area contributed by atoms with Crippen molar-refractivity contribution in [2.75, 3.05) is 0 Å². The first kappa shape index (κ1) is 25.3. The van der Waals surface area contributed by atoms with Gasteiger partial charge in [-0.3, -0.25) is 0 Å². The van der Waals surface area contributed by atoms with Crippen molar-refractivity contribution in [1.29, 1.82) is 0 Å². The third-order valence-electron chi connectivity index (χ3n) is 10.7. The van der Waals surface area contributed by atoms with Gasteiger partial charge in [-0.1, -0.05) is 0 Å². The summed E-state index contributed by atoms with van der Waals surface area (Å²) in [6.45, 7) is 0.253. The third-order valence-corrected chi connectivity index (χ3v) is 14.4. The molecule has 5 heteroatoms. The Kier molecular flexibility index (Phi) is 5.25. The van der Waals surface area contributed by atoms with E-state index in [2.05, 4.69) is 112 Å². The van der Waals surface area contributed by atoms with Crippen LogP contribution in [0.1, 0.15) is 35.4 Å². The van der Waals surface area contributed by atoms with Gasteiger partial charge in [0.2, 0.25) is 0 Å². The molecule has 2 aliphatic carbocycles. The Morgan fingerprint density at radius 1 is 0.600 bits per heavy atom. The Hall–Kier alpha value is -3.89. The molecule has 4 aliphatic rings. The van der Waals surface area contributed by atoms with Crippen LogP contribution in [0.2, 0.25) is 0 Å². The average Bonchev–Trinajstić information content (AvgIpc) is 3.86. The molecule has 0 amide bonds. The zero-order chi connectivity index (χ0) is 29.2. The number of nitrogens with zero attached hydrogens (tertiary/aromatic N) is 2. The summed E-state index contributed by atoms with van der Waals surface area (Å²) in [7, 11) is 0. The molecule has 0 saturated carbocycles. The van der Waals surface area contributed by atoms with E-state index in [1.54, 1.807) is 21.1 Å². The van der Waals surface area contributed by atoms with Crippen molar-refractivity contribution in [3.05, 3.63) is 126 Å². The molecule has 0 bridgehead atoms. The number of para-hydroxylation sites is 2. The molecule has 0 fully saturated rings. The van der Waals surface area contributed by atoms with E-state index in [9.17, 15) is 0 Å². The molecule has 0 spiro atoms. The van der Waals surface area contributed by atoms with Gasteiger partial charge in [0.15, 0.2) is 0 Å². The van der Waals surface area contributed by atoms with Crippen molar-refractivity contribution in [2.45, 2.75) is 48.3 Å². The van der Waals surface area contributed by atoms with Crippen LogP contribution in [0.25, 0.3) is 33.2 Å². The molecule has 4 heterocycles. The van der Waals surface area contributed by atoms with Crippen molar-refractivity contribution >= 4 is 80.5 Å². The summed E-state index contributed by atoms with van der Waals surface area (Å²) in [5, 5.41) is 2.87. The predicted molar refractivity (Wildman–Crippen MR) is 191 cm³/mol. The van der Waals surface area contributed by atoms with E-state index in [0.29, 0.717) is 15.0 Å². The van der Waals surface area contributed by atoms with Gasteiger partial charge in [0.1, 0.15) is 0 Å². The number of benzene rings is 5.